The number of hydrogen-bond donors (Lipinski definition) is 1. The molecule has 0 spiro atoms. The van der Waals surface area contributed by atoms with Crippen LogP contribution in [0, 0.1) is 0 Å². The summed E-state index contributed by atoms with van der Waals surface area (Å²) in [6.45, 7) is 0. The molecule has 0 atom stereocenters. The topological polar surface area (TPSA) is 59.8 Å². The monoisotopic (exact) mass is 422 g/mol. The molecule has 150 valence electrons. The largest absolute Gasteiger partial charge is 0.321 e. The first-order valence-corrected chi connectivity index (χ1v) is 10.7. The number of rotatable bonds is 5. The molecule has 0 bridgehead atoms. The molecule has 5 rings (SSSR count). The highest BCUT2D eigenvalue weighted by molar-refractivity contribution is 7.13. The van der Waals surface area contributed by atoms with E-state index in [0.717, 1.165) is 32.7 Å². The Morgan fingerprint density at radius 2 is 1.84 bits per heavy atom. The molecule has 2 aromatic carbocycles. The predicted molar refractivity (Wildman–Crippen MR) is 126 cm³/mol. The Kier molecular flexibility index (Phi) is 5.12. The van der Waals surface area contributed by atoms with Crippen LogP contribution in [0.2, 0.25) is 0 Å². The molecule has 0 saturated heterocycles. The normalized spacial score (nSPS) is 11.2. The Morgan fingerprint density at radius 3 is 2.68 bits per heavy atom. The second kappa shape index (κ2) is 8.38. The number of nitrogens with zero attached hydrogens (tertiary/aromatic N) is 3. The van der Waals surface area contributed by atoms with Gasteiger partial charge in [-0.15, -0.1) is 11.3 Å². The summed E-state index contributed by atoms with van der Waals surface area (Å²) in [4.78, 5) is 18.1. The molecule has 31 heavy (non-hydrogen) atoms. The molecule has 5 aromatic rings. The smallest absolute Gasteiger partial charge is 0.248 e. The van der Waals surface area contributed by atoms with Gasteiger partial charge in [-0.1, -0.05) is 42.5 Å². The van der Waals surface area contributed by atoms with Crippen molar-refractivity contribution in [3.8, 4) is 16.3 Å². The van der Waals surface area contributed by atoms with Crippen LogP contribution in [0.3, 0.4) is 0 Å². The summed E-state index contributed by atoms with van der Waals surface area (Å²) >= 11 is 1.62. The number of carbonyl (C=O) groups is 1. The average Bonchev–Trinajstić information content (AvgIpc) is 3.49. The predicted octanol–water partition coefficient (Wildman–Crippen LogP) is 5.80. The van der Waals surface area contributed by atoms with Gasteiger partial charge in [-0.2, -0.15) is 5.10 Å². The number of pyridine rings is 1. The van der Waals surface area contributed by atoms with Gasteiger partial charge in [-0.25, -0.2) is 4.68 Å². The summed E-state index contributed by atoms with van der Waals surface area (Å²) in [6, 6.07) is 23.5. The zero-order valence-corrected chi connectivity index (χ0v) is 17.3. The minimum atomic E-state index is -0.220. The van der Waals surface area contributed by atoms with E-state index in [1.807, 2.05) is 89.1 Å². The highest BCUT2D eigenvalue weighted by Gasteiger charge is 2.12. The lowest BCUT2D eigenvalue weighted by Crippen LogP contribution is -2.08. The van der Waals surface area contributed by atoms with Gasteiger partial charge in [0, 0.05) is 29.4 Å². The summed E-state index contributed by atoms with van der Waals surface area (Å²) in [5.74, 6) is -0.220. The summed E-state index contributed by atoms with van der Waals surface area (Å²) < 4.78 is 1.83. The Bertz CT molecular complexity index is 1370. The van der Waals surface area contributed by atoms with Gasteiger partial charge in [0.25, 0.3) is 0 Å². The van der Waals surface area contributed by atoms with Gasteiger partial charge >= 0.3 is 0 Å². The molecule has 1 N–H and O–H groups in total. The number of aromatic nitrogens is 3. The Morgan fingerprint density at radius 1 is 0.968 bits per heavy atom. The van der Waals surface area contributed by atoms with Crippen molar-refractivity contribution in [2.45, 2.75) is 0 Å². The lowest BCUT2D eigenvalue weighted by Gasteiger charge is -2.05. The van der Waals surface area contributed by atoms with E-state index in [1.54, 1.807) is 23.6 Å². The van der Waals surface area contributed by atoms with Crippen molar-refractivity contribution in [3.63, 3.8) is 0 Å². The van der Waals surface area contributed by atoms with Crippen LogP contribution >= 0.6 is 11.3 Å². The molecule has 3 heterocycles. The molecule has 0 fully saturated rings. The lowest BCUT2D eigenvalue weighted by atomic mass is 10.2. The van der Waals surface area contributed by atoms with E-state index in [2.05, 4.69) is 10.3 Å². The second-order valence-electron chi connectivity index (χ2n) is 6.89. The van der Waals surface area contributed by atoms with Gasteiger partial charge in [0.15, 0.2) is 0 Å². The zero-order chi connectivity index (χ0) is 21.0. The Hall–Kier alpha value is -4.03. The van der Waals surface area contributed by atoms with Crippen molar-refractivity contribution >= 4 is 39.9 Å². The maximum absolute atomic E-state index is 12.7. The standard InChI is InChI=1S/C25H18N4OS/c30-23(27-21-11-4-7-18-8-5-15-26-24(18)21)14-13-19-17-29(20-9-2-1-3-10-20)28-25(19)22-12-6-16-31-22/h1-17H,(H,27,30)/b14-13+. The fourth-order valence-electron chi connectivity index (χ4n) is 3.37. The molecule has 6 heteroatoms. The fraction of sp³-hybridized carbons (Fsp3) is 0. The van der Waals surface area contributed by atoms with Crippen molar-refractivity contribution in [1.29, 1.82) is 0 Å². The minimum absolute atomic E-state index is 0.220. The van der Waals surface area contributed by atoms with E-state index in [0.29, 0.717) is 5.69 Å². The Balaban J connectivity index is 1.44. The molecule has 5 nitrogen and oxygen atoms in total. The molecule has 0 aliphatic carbocycles. The Labute approximate surface area is 183 Å². The van der Waals surface area contributed by atoms with Crippen LogP contribution in [-0.4, -0.2) is 20.7 Å². The van der Waals surface area contributed by atoms with Crippen LogP contribution < -0.4 is 5.32 Å². The number of benzene rings is 2. The van der Waals surface area contributed by atoms with Crippen LogP contribution in [0.5, 0.6) is 0 Å². The first-order valence-electron chi connectivity index (χ1n) is 9.80. The third kappa shape index (κ3) is 4.01. The van der Waals surface area contributed by atoms with Crippen molar-refractivity contribution < 1.29 is 4.79 Å². The molecular formula is C25H18N4OS. The van der Waals surface area contributed by atoms with E-state index in [9.17, 15) is 4.79 Å². The quantitative estimate of drug-likeness (QED) is 0.364. The van der Waals surface area contributed by atoms with Gasteiger partial charge in [0.2, 0.25) is 5.91 Å². The summed E-state index contributed by atoms with van der Waals surface area (Å²) in [5.41, 5.74) is 4.13. The highest BCUT2D eigenvalue weighted by Crippen LogP contribution is 2.28. The molecule has 0 saturated carbocycles. The van der Waals surface area contributed by atoms with E-state index >= 15 is 0 Å². The maximum atomic E-state index is 12.7. The number of nitrogens with one attached hydrogen (secondary N) is 1. The number of anilines is 1. The van der Waals surface area contributed by atoms with Gasteiger partial charge in [-0.3, -0.25) is 9.78 Å². The molecule has 3 aromatic heterocycles. The van der Waals surface area contributed by atoms with E-state index in [4.69, 9.17) is 5.10 Å². The van der Waals surface area contributed by atoms with Crippen LogP contribution in [0.25, 0.3) is 33.2 Å². The van der Waals surface area contributed by atoms with Crippen molar-refractivity contribution in [2.75, 3.05) is 5.32 Å². The van der Waals surface area contributed by atoms with Crippen LogP contribution in [0.4, 0.5) is 5.69 Å². The highest BCUT2D eigenvalue weighted by atomic mass is 32.1. The van der Waals surface area contributed by atoms with Gasteiger partial charge in [0.05, 0.1) is 21.8 Å². The van der Waals surface area contributed by atoms with E-state index in [-0.39, 0.29) is 5.91 Å². The fourth-order valence-corrected chi connectivity index (χ4v) is 4.10. The zero-order valence-electron chi connectivity index (χ0n) is 16.5. The third-order valence-corrected chi connectivity index (χ3v) is 5.70. The van der Waals surface area contributed by atoms with Gasteiger partial charge in [0.1, 0.15) is 5.69 Å². The van der Waals surface area contributed by atoms with Crippen LogP contribution in [0.1, 0.15) is 5.56 Å². The number of hydrogen-bond acceptors (Lipinski definition) is 4. The van der Waals surface area contributed by atoms with E-state index in [1.165, 1.54) is 6.08 Å². The number of para-hydroxylation sites is 2. The van der Waals surface area contributed by atoms with Crippen molar-refractivity contribution in [3.05, 3.63) is 102 Å². The molecule has 0 radical (unpaired) electrons. The number of amides is 1. The number of carbonyl (C=O) groups excluding carboxylic acids is 1. The average molecular weight is 423 g/mol. The SMILES string of the molecule is O=C(/C=C/c1cn(-c2ccccc2)nc1-c1cccs1)Nc1cccc2cccnc12. The lowest BCUT2D eigenvalue weighted by molar-refractivity contribution is -0.111. The number of fused-ring (bicyclic) bond motifs is 1. The minimum Gasteiger partial charge on any atom is -0.321 e. The maximum Gasteiger partial charge on any atom is 0.248 e. The second-order valence-corrected chi connectivity index (χ2v) is 7.84. The molecule has 0 aliphatic rings. The summed E-state index contributed by atoms with van der Waals surface area (Å²) in [7, 11) is 0. The summed E-state index contributed by atoms with van der Waals surface area (Å²) in [6.07, 6.45) is 6.99. The van der Waals surface area contributed by atoms with E-state index < -0.39 is 0 Å². The van der Waals surface area contributed by atoms with Gasteiger partial charge < -0.3 is 5.32 Å². The molecule has 0 unspecified atom stereocenters. The molecule has 0 aliphatic heterocycles. The van der Waals surface area contributed by atoms with Crippen LogP contribution in [0.15, 0.2) is 96.6 Å². The first-order chi connectivity index (χ1) is 15.3. The van der Waals surface area contributed by atoms with Crippen LogP contribution in [-0.2, 0) is 4.79 Å². The molecular weight excluding hydrogens is 404 g/mol. The third-order valence-electron chi connectivity index (χ3n) is 4.82. The van der Waals surface area contributed by atoms with Crippen molar-refractivity contribution in [2.24, 2.45) is 0 Å². The van der Waals surface area contributed by atoms with Crippen molar-refractivity contribution in [1.82, 2.24) is 14.8 Å². The first kappa shape index (κ1) is 19.0. The van der Waals surface area contributed by atoms with Gasteiger partial charge in [-0.05, 0) is 41.8 Å². The molecule has 1 amide bonds. The summed E-state index contributed by atoms with van der Waals surface area (Å²) in [5, 5.41) is 10.7. The number of thiophene rings is 1.